The molecule has 2 aromatic carbocycles. The molecule has 0 aliphatic heterocycles. The van der Waals surface area contributed by atoms with Crippen molar-refractivity contribution in [2.24, 2.45) is 0 Å². The quantitative estimate of drug-likeness (QED) is 0.854. The third-order valence-corrected chi connectivity index (χ3v) is 5.29. The van der Waals surface area contributed by atoms with Crippen LogP contribution in [0, 0.1) is 0 Å². The monoisotopic (exact) mass is 366 g/mol. The Labute approximate surface area is 147 Å². The van der Waals surface area contributed by atoms with Crippen molar-refractivity contribution in [3.05, 3.63) is 70.7 Å². The molecule has 0 aliphatic rings. The standard InChI is InChI=1S/C17H19ClN2O3S/c1-20(24(2,22)23)16(13-8-4-3-5-9-13)17(21)19-12-14-10-6-7-11-15(14)18/h3-11,16H,12H2,1-2H3,(H,19,21). The van der Waals surface area contributed by atoms with E-state index >= 15 is 0 Å². The van der Waals surface area contributed by atoms with E-state index in [1.165, 1.54) is 7.05 Å². The van der Waals surface area contributed by atoms with Gasteiger partial charge in [-0.1, -0.05) is 60.1 Å². The lowest BCUT2D eigenvalue weighted by molar-refractivity contribution is -0.124. The molecule has 1 atom stereocenters. The lowest BCUT2D eigenvalue weighted by Gasteiger charge is -2.25. The second-order valence-corrected chi connectivity index (χ2v) is 7.85. The van der Waals surface area contributed by atoms with Gasteiger partial charge in [0.1, 0.15) is 6.04 Å². The van der Waals surface area contributed by atoms with Crippen LogP contribution in [-0.4, -0.2) is 31.9 Å². The van der Waals surface area contributed by atoms with Crippen LogP contribution in [0.1, 0.15) is 17.2 Å². The van der Waals surface area contributed by atoms with Crippen molar-refractivity contribution in [1.82, 2.24) is 9.62 Å². The second kappa shape index (κ2) is 7.79. The first kappa shape index (κ1) is 18.4. The van der Waals surface area contributed by atoms with Crippen molar-refractivity contribution >= 4 is 27.5 Å². The fourth-order valence-corrected chi connectivity index (χ4v) is 3.08. The highest BCUT2D eigenvalue weighted by Crippen LogP contribution is 2.22. The highest BCUT2D eigenvalue weighted by Gasteiger charge is 2.30. The molecule has 2 aromatic rings. The zero-order valence-electron chi connectivity index (χ0n) is 13.4. The average molecular weight is 367 g/mol. The van der Waals surface area contributed by atoms with Crippen molar-refractivity contribution in [2.75, 3.05) is 13.3 Å². The van der Waals surface area contributed by atoms with Crippen molar-refractivity contribution in [3.8, 4) is 0 Å². The Kier molecular flexibility index (Phi) is 5.99. The summed E-state index contributed by atoms with van der Waals surface area (Å²) in [4.78, 5) is 12.7. The number of hydrogen-bond donors (Lipinski definition) is 1. The van der Waals surface area contributed by atoms with E-state index in [2.05, 4.69) is 5.32 Å². The van der Waals surface area contributed by atoms with Gasteiger partial charge in [-0.05, 0) is 17.2 Å². The van der Waals surface area contributed by atoms with Crippen LogP contribution >= 0.6 is 11.6 Å². The number of carbonyl (C=O) groups is 1. The smallest absolute Gasteiger partial charge is 0.243 e. The van der Waals surface area contributed by atoms with Gasteiger partial charge in [0.2, 0.25) is 15.9 Å². The number of halogens is 1. The minimum absolute atomic E-state index is 0.222. The number of amides is 1. The molecule has 0 heterocycles. The van der Waals surface area contributed by atoms with Gasteiger partial charge in [-0.15, -0.1) is 0 Å². The number of sulfonamides is 1. The molecule has 0 radical (unpaired) electrons. The zero-order valence-corrected chi connectivity index (χ0v) is 15.0. The first-order valence-corrected chi connectivity index (χ1v) is 9.52. The molecule has 24 heavy (non-hydrogen) atoms. The Morgan fingerprint density at radius 1 is 1.12 bits per heavy atom. The Hall–Kier alpha value is -1.89. The summed E-state index contributed by atoms with van der Waals surface area (Å²) in [6.45, 7) is 0.222. The summed E-state index contributed by atoms with van der Waals surface area (Å²) in [5.41, 5.74) is 1.36. The Bertz CT molecular complexity index is 810. The number of benzene rings is 2. The molecule has 1 amide bonds. The first-order chi connectivity index (χ1) is 11.3. The Morgan fingerprint density at radius 2 is 1.71 bits per heavy atom. The SMILES string of the molecule is CN(C(C(=O)NCc1ccccc1Cl)c1ccccc1)S(C)(=O)=O. The van der Waals surface area contributed by atoms with E-state index in [-0.39, 0.29) is 6.54 Å². The van der Waals surface area contributed by atoms with Crippen LogP contribution in [-0.2, 0) is 21.4 Å². The van der Waals surface area contributed by atoms with Gasteiger partial charge in [-0.3, -0.25) is 4.79 Å². The van der Waals surface area contributed by atoms with Crippen LogP contribution in [0.5, 0.6) is 0 Å². The summed E-state index contributed by atoms with van der Waals surface area (Å²) >= 11 is 6.08. The van der Waals surface area contributed by atoms with Gasteiger partial charge in [0.25, 0.3) is 0 Å². The molecule has 1 unspecified atom stereocenters. The summed E-state index contributed by atoms with van der Waals surface area (Å²) in [7, 11) is -2.15. The lowest BCUT2D eigenvalue weighted by Crippen LogP contribution is -2.41. The second-order valence-electron chi connectivity index (χ2n) is 5.40. The molecular weight excluding hydrogens is 348 g/mol. The number of likely N-dealkylation sites (N-methyl/N-ethyl adjacent to an activating group) is 1. The highest BCUT2D eigenvalue weighted by molar-refractivity contribution is 7.88. The molecule has 0 spiro atoms. The molecule has 5 nitrogen and oxygen atoms in total. The number of rotatable bonds is 6. The maximum absolute atomic E-state index is 12.7. The topological polar surface area (TPSA) is 66.5 Å². The van der Waals surface area contributed by atoms with Crippen molar-refractivity contribution in [2.45, 2.75) is 12.6 Å². The predicted octanol–water partition coefficient (Wildman–Crippen LogP) is 2.59. The van der Waals surface area contributed by atoms with Gasteiger partial charge in [0.05, 0.1) is 6.26 Å². The summed E-state index contributed by atoms with van der Waals surface area (Å²) in [6.07, 6.45) is 1.07. The molecule has 0 bridgehead atoms. The Morgan fingerprint density at radius 3 is 2.29 bits per heavy atom. The van der Waals surface area contributed by atoms with Crippen LogP contribution in [0.2, 0.25) is 5.02 Å². The van der Waals surface area contributed by atoms with Crippen molar-refractivity contribution in [3.63, 3.8) is 0 Å². The fourth-order valence-electron chi connectivity index (χ4n) is 2.27. The third-order valence-electron chi connectivity index (χ3n) is 3.66. The average Bonchev–Trinajstić information content (AvgIpc) is 2.54. The maximum atomic E-state index is 12.7. The van der Waals surface area contributed by atoms with E-state index in [0.29, 0.717) is 10.6 Å². The van der Waals surface area contributed by atoms with E-state index in [1.54, 1.807) is 42.5 Å². The summed E-state index contributed by atoms with van der Waals surface area (Å²) in [5, 5.41) is 3.31. The van der Waals surface area contributed by atoms with Crippen LogP contribution in [0.3, 0.4) is 0 Å². The van der Waals surface area contributed by atoms with E-state index in [4.69, 9.17) is 11.6 Å². The fraction of sp³-hybridized carbons (Fsp3) is 0.235. The van der Waals surface area contributed by atoms with Gasteiger partial charge in [-0.2, -0.15) is 4.31 Å². The minimum atomic E-state index is -3.54. The van der Waals surface area contributed by atoms with Crippen molar-refractivity contribution in [1.29, 1.82) is 0 Å². The number of hydrogen-bond acceptors (Lipinski definition) is 3. The number of carbonyl (C=O) groups excluding carboxylic acids is 1. The molecule has 0 saturated carbocycles. The van der Waals surface area contributed by atoms with Gasteiger partial charge < -0.3 is 5.32 Å². The number of nitrogens with one attached hydrogen (secondary N) is 1. The Balaban J connectivity index is 2.24. The van der Waals surface area contributed by atoms with E-state index in [0.717, 1.165) is 16.1 Å². The number of nitrogens with zero attached hydrogens (tertiary/aromatic N) is 1. The molecule has 0 fully saturated rings. The summed E-state index contributed by atoms with van der Waals surface area (Å²) in [6, 6.07) is 15.0. The summed E-state index contributed by atoms with van der Waals surface area (Å²) < 4.78 is 24.9. The third kappa shape index (κ3) is 4.56. The van der Waals surface area contributed by atoms with E-state index in [9.17, 15) is 13.2 Å². The normalized spacial score (nSPS) is 12.8. The molecular formula is C17H19ClN2O3S. The predicted molar refractivity (Wildman–Crippen MR) is 95.1 cm³/mol. The van der Waals surface area contributed by atoms with E-state index in [1.807, 2.05) is 12.1 Å². The molecule has 0 aliphatic carbocycles. The van der Waals surface area contributed by atoms with Crippen LogP contribution in [0.15, 0.2) is 54.6 Å². The largest absolute Gasteiger partial charge is 0.350 e. The molecule has 7 heteroatoms. The molecule has 2 rings (SSSR count). The molecule has 1 N–H and O–H groups in total. The van der Waals surface area contributed by atoms with Crippen LogP contribution < -0.4 is 5.32 Å². The highest BCUT2D eigenvalue weighted by atomic mass is 35.5. The van der Waals surface area contributed by atoms with Gasteiger partial charge in [-0.25, -0.2) is 8.42 Å². The summed E-state index contributed by atoms with van der Waals surface area (Å²) in [5.74, 6) is -0.408. The first-order valence-electron chi connectivity index (χ1n) is 7.30. The maximum Gasteiger partial charge on any atom is 0.243 e. The molecule has 128 valence electrons. The van der Waals surface area contributed by atoms with Crippen LogP contribution in [0.4, 0.5) is 0 Å². The van der Waals surface area contributed by atoms with Crippen molar-refractivity contribution < 1.29 is 13.2 Å². The van der Waals surface area contributed by atoms with E-state index < -0.39 is 22.0 Å². The van der Waals surface area contributed by atoms with Crippen LogP contribution in [0.25, 0.3) is 0 Å². The van der Waals surface area contributed by atoms with Gasteiger partial charge in [0.15, 0.2) is 0 Å². The lowest BCUT2D eigenvalue weighted by atomic mass is 10.1. The molecule has 0 aromatic heterocycles. The van der Waals surface area contributed by atoms with Gasteiger partial charge in [0, 0.05) is 18.6 Å². The molecule has 0 saturated heterocycles. The van der Waals surface area contributed by atoms with Gasteiger partial charge >= 0.3 is 0 Å². The zero-order chi connectivity index (χ0) is 17.7. The minimum Gasteiger partial charge on any atom is -0.350 e.